The van der Waals surface area contributed by atoms with Gasteiger partial charge in [0, 0.05) is 0 Å². The largest absolute Gasteiger partial charge is 1.00 e. The molecule has 0 spiro atoms. The number of hydrogen-bond donors (Lipinski definition) is 0. The van der Waals surface area contributed by atoms with Crippen molar-refractivity contribution in [2.45, 2.75) is 19.5 Å². The molecule has 0 saturated heterocycles. The van der Waals surface area contributed by atoms with Crippen LogP contribution < -0.4 is 24.0 Å². The van der Waals surface area contributed by atoms with Crippen LogP contribution in [-0.4, -0.2) is 6.16 Å². The Hall–Kier alpha value is 0.380. The first kappa shape index (κ1) is 12.4. The van der Waals surface area contributed by atoms with Crippen molar-refractivity contribution in [3.8, 4) is 0 Å². The molecule has 0 aliphatic rings. The molecule has 0 amide bonds. The smallest absolute Gasteiger partial charge is 0.0797 e. The highest BCUT2D eigenvalue weighted by Gasteiger charge is 1.94. The van der Waals surface area contributed by atoms with E-state index in [1.54, 1.807) is 0 Å². The molecule has 1 atom stereocenters. The molecule has 0 heterocycles. The average molecular weight is 294 g/mol. The van der Waals surface area contributed by atoms with Crippen molar-refractivity contribution in [2.75, 3.05) is 6.16 Å². The number of halogens is 1. The Morgan fingerprint density at radius 3 is 2.42 bits per heavy atom. The molecule has 0 saturated carbocycles. The van der Waals surface area contributed by atoms with E-state index in [1.807, 2.05) is 0 Å². The molecule has 0 aliphatic heterocycles. The van der Waals surface area contributed by atoms with Crippen molar-refractivity contribution in [3.05, 3.63) is 35.9 Å². The summed E-state index contributed by atoms with van der Waals surface area (Å²) in [4.78, 5) is 0. The Kier molecular flexibility index (Phi) is 8.25. The zero-order valence-electron chi connectivity index (χ0n) is 7.46. The number of hydrogen-bond acceptors (Lipinski definition) is 0. The predicted molar refractivity (Wildman–Crippen MR) is 55.0 cm³/mol. The average Bonchev–Trinajstić information content (AvgIpc) is 2.07. The second-order valence-electron chi connectivity index (χ2n) is 2.77. The van der Waals surface area contributed by atoms with Crippen molar-refractivity contribution in [1.82, 2.24) is 0 Å². The van der Waals surface area contributed by atoms with Crippen LogP contribution in [0.1, 0.15) is 18.9 Å². The van der Waals surface area contributed by atoms with Gasteiger partial charge in [0.05, 0.1) is 12.3 Å². The van der Waals surface area contributed by atoms with Gasteiger partial charge in [-0.1, -0.05) is 37.3 Å². The summed E-state index contributed by atoms with van der Waals surface area (Å²) in [5.41, 5.74) is 1.51. The highest BCUT2D eigenvalue weighted by atomic mass is 127. The van der Waals surface area contributed by atoms with Gasteiger partial charge in [-0.2, -0.15) is 0 Å². The van der Waals surface area contributed by atoms with Crippen molar-refractivity contribution < 1.29 is 24.0 Å². The molecule has 1 rings (SSSR count). The Balaban J connectivity index is 0.00000121. The van der Waals surface area contributed by atoms with Crippen LogP contribution in [0.3, 0.4) is 0 Å². The maximum atomic E-state index is 2.26. The molecule has 0 fully saturated rings. The van der Waals surface area contributed by atoms with E-state index in [-0.39, 0.29) is 24.0 Å². The van der Waals surface area contributed by atoms with E-state index in [1.165, 1.54) is 24.3 Å². The topological polar surface area (TPSA) is 0 Å². The van der Waals surface area contributed by atoms with E-state index in [2.05, 4.69) is 37.3 Å². The first-order valence-corrected chi connectivity index (χ1v) is 5.92. The van der Waals surface area contributed by atoms with Crippen molar-refractivity contribution in [1.29, 1.82) is 0 Å². The van der Waals surface area contributed by atoms with Crippen molar-refractivity contribution in [2.24, 2.45) is 0 Å². The van der Waals surface area contributed by atoms with Crippen LogP contribution in [0.2, 0.25) is 0 Å². The maximum absolute atomic E-state index is 2.26. The SMILES string of the molecule is CCC[PH2+]Cc1ccccc1.[I-]. The minimum Gasteiger partial charge on any atom is -1.00 e. The van der Waals surface area contributed by atoms with Gasteiger partial charge in [-0.3, -0.25) is 0 Å². The van der Waals surface area contributed by atoms with Crippen LogP contribution in [-0.2, 0) is 6.16 Å². The third kappa shape index (κ3) is 5.10. The lowest BCUT2D eigenvalue weighted by atomic mass is 10.2. The minimum atomic E-state index is 0. The Bertz CT molecular complexity index is 186. The van der Waals surface area contributed by atoms with Gasteiger partial charge in [0.1, 0.15) is 0 Å². The third-order valence-corrected chi connectivity index (χ3v) is 3.46. The van der Waals surface area contributed by atoms with Gasteiger partial charge in [0.15, 0.2) is 0 Å². The molecule has 68 valence electrons. The minimum absolute atomic E-state index is 0. The fraction of sp³-hybridized carbons (Fsp3) is 0.400. The first-order chi connectivity index (χ1) is 5.43. The lowest BCUT2D eigenvalue weighted by Crippen LogP contribution is -3.00. The van der Waals surface area contributed by atoms with Crippen LogP contribution >= 0.6 is 8.58 Å². The molecule has 1 aromatic rings. The molecular weight excluding hydrogens is 278 g/mol. The summed E-state index contributed by atoms with van der Waals surface area (Å²) in [6.07, 6.45) is 4.12. The second-order valence-corrected chi connectivity index (χ2v) is 4.33. The summed E-state index contributed by atoms with van der Waals surface area (Å²) < 4.78 is 0. The van der Waals surface area contributed by atoms with Gasteiger partial charge >= 0.3 is 0 Å². The normalized spacial score (nSPS) is 10.1. The van der Waals surface area contributed by atoms with Gasteiger partial charge in [-0.05, 0) is 20.6 Å². The standard InChI is InChI=1S/C10H15P.HI/c1-2-8-11-9-10-6-4-3-5-7-10;/h3-7,11H,2,8-9H2,1H3;1H. The van der Waals surface area contributed by atoms with Crippen LogP contribution in [0.15, 0.2) is 30.3 Å². The molecule has 0 N–H and O–H groups in total. The molecule has 1 aromatic carbocycles. The fourth-order valence-corrected chi connectivity index (χ4v) is 2.30. The van der Waals surface area contributed by atoms with E-state index in [0.717, 1.165) is 0 Å². The van der Waals surface area contributed by atoms with E-state index >= 15 is 0 Å². The quantitative estimate of drug-likeness (QED) is 0.417. The first-order valence-electron chi connectivity index (χ1n) is 4.29. The summed E-state index contributed by atoms with van der Waals surface area (Å²) in [5, 5.41) is 0. The van der Waals surface area contributed by atoms with Gasteiger partial charge in [0.2, 0.25) is 0 Å². The van der Waals surface area contributed by atoms with Crippen LogP contribution in [0, 0.1) is 0 Å². The fourth-order valence-electron chi connectivity index (χ4n) is 1.09. The predicted octanol–water partition coefficient (Wildman–Crippen LogP) is 0.0114. The van der Waals surface area contributed by atoms with E-state index in [4.69, 9.17) is 0 Å². The Morgan fingerprint density at radius 1 is 1.17 bits per heavy atom. The molecule has 0 aromatic heterocycles. The number of rotatable bonds is 4. The van der Waals surface area contributed by atoms with E-state index < -0.39 is 0 Å². The Labute approximate surface area is 93.9 Å². The summed E-state index contributed by atoms with van der Waals surface area (Å²) >= 11 is 0. The zero-order valence-corrected chi connectivity index (χ0v) is 10.8. The molecule has 0 bridgehead atoms. The molecule has 0 nitrogen and oxygen atoms in total. The van der Waals surface area contributed by atoms with Gasteiger partial charge in [0.25, 0.3) is 0 Å². The highest BCUT2D eigenvalue weighted by Crippen LogP contribution is 2.18. The van der Waals surface area contributed by atoms with E-state index in [9.17, 15) is 0 Å². The molecule has 12 heavy (non-hydrogen) atoms. The second kappa shape index (κ2) is 8.00. The van der Waals surface area contributed by atoms with Gasteiger partial charge < -0.3 is 24.0 Å². The van der Waals surface area contributed by atoms with Crippen molar-refractivity contribution >= 4 is 8.58 Å². The summed E-state index contributed by atoms with van der Waals surface area (Å²) in [7, 11) is 0.661. The number of benzene rings is 1. The van der Waals surface area contributed by atoms with Gasteiger partial charge in [-0.15, -0.1) is 0 Å². The van der Waals surface area contributed by atoms with Crippen molar-refractivity contribution in [3.63, 3.8) is 0 Å². The van der Waals surface area contributed by atoms with Crippen LogP contribution in [0.4, 0.5) is 0 Å². The molecule has 1 unspecified atom stereocenters. The summed E-state index contributed by atoms with van der Waals surface area (Å²) in [6, 6.07) is 10.8. The third-order valence-electron chi connectivity index (χ3n) is 1.72. The molecule has 0 radical (unpaired) electrons. The van der Waals surface area contributed by atoms with Crippen LogP contribution in [0.25, 0.3) is 0 Å². The maximum Gasteiger partial charge on any atom is 0.0797 e. The lowest BCUT2D eigenvalue weighted by Gasteiger charge is -1.93. The van der Waals surface area contributed by atoms with Gasteiger partial charge in [-0.25, -0.2) is 0 Å². The molecule has 2 heteroatoms. The molecular formula is C10H16IP. The lowest BCUT2D eigenvalue weighted by molar-refractivity contribution is -0.00000231. The highest BCUT2D eigenvalue weighted by molar-refractivity contribution is 7.37. The monoisotopic (exact) mass is 294 g/mol. The Morgan fingerprint density at radius 2 is 1.83 bits per heavy atom. The summed E-state index contributed by atoms with van der Waals surface area (Å²) in [5.74, 6) is 0. The van der Waals surface area contributed by atoms with E-state index in [0.29, 0.717) is 8.58 Å². The molecule has 0 aliphatic carbocycles. The van der Waals surface area contributed by atoms with Crippen LogP contribution in [0.5, 0.6) is 0 Å². The zero-order chi connectivity index (χ0) is 7.94. The summed E-state index contributed by atoms with van der Waals surface area (Å²) in [6.45, 7) is 2.26.